The molecule has 0 bridgehead atoms. The Morgan fingerprint density at radius 2 is 1.96 bits per heavy atom. The number of morpholine rings is 1. The van der Waals surface area contributed by atoms with Crippen LogP contribution in [0.15, 0.2) is 42.7 Å². The molecule has 0 radical (unpaired) electrons. The monoisotopic (exact) mass is 323 g/mol. The molecule has 1 aromatic carbocycles. The predicted octanol–water partition coefficient (Wildman–Crippen LogP) is 2.49. The van der Waals surface area contributed by atoms with Gasteiger partial charge in [-0.2, -0.15) is 5.10 Å². The highest BCUT2D eigenvalue weighted by Crippen LogP contribution is 2.19. The Morgan fingerprint density at radius 3 is 2.75 bits per heavy atom. The molecule has 2 aromatic heterocycles. The Balaban J connectivity index is 1.45. The van der Waals surface area contributed by atoms with E-state index in [0.29, 0.717) is 0 Å². The van der Waals surface area contributed by atoms with E-state index >= 15 is 0 Å². The minimum atomic E-state index is 0.736. The van der Waals surface area contributed by atoms with E-state index in [1.807, 2.05) is 23.7 Å². The lowest BCUT2D eigenvalue weighted by Gasteiger charge is -2.28. The molecule has 1 fully saturated rings. The number of aryl methyl sites for hydroxylation is 1. The van der Waals surface area contributed by atoms with Gasteiger partial charge in [-0.3, -0.25) is 0 Å². The molecule has 3 heterocycles. The molecule has 0 aliphatic carbocycles. The molecule has 6 heteroatoms. The second-order valence-corrected chi connectivity index (χ2v) is 6.01. The van der Waals surface area contributed by atoms with Crippen molar-refractivity contribution in [3.8, 4) is 0 Å². The number of benzene rings is 1. The van der Waals surface area contributed by atoms with Crippen LogP contribution in [0.4, 0.5) is 11.5 Å². The van der Waals surface area contributed by atoms with Gasteiger partial charge < -0.3 is 15.0 Å². The van der Waals surface area contributed by atoms with Crippen molar-refractivity contribution < 1.29 is 4.74 Å². The fraction of sp³-hybridized carbons (Fsp3) is 0.333. The van der Waals surface area contributed by atoms with Crippen LogP contribution in [0.2, 0.25) is 0 Å². The molecular formula is C18H21N5O. The number of anilines is 2. The molecule has 4 rings (SSSR count). The minimum Gasteiger partial charge on any atom is -0.378 e. The lowest BCUT2D eigenvalue weighted by atomic mass is 10.2. The third kappa shape index (κ3) is 3.05. The standard InChI is InChI=1S/C18H21N5O/c1-14-12-17-18(19-6-7-23(17)21-14)20-13-15-2-4-16(5-3-15)22-8-10-24-11-9-22/h2-7,12H,8-11,13H2,1H3,(H,19,20). The molecule has 1 aliphatic rings. The maximum Gasteiger partial charge on any atom is 0.152 e. The normalized spacial score (nSPS) is 15.0. The Bertz CT molecular complexity index is 821. The summed E-state index contributed by atoms with van der Waals surface area (Å²) in [5.74, 6) is 0.857. The third-order valence-corrected chi connectivity index (χ3v) is 4.28. The summed E-state index contributed by atoms with van der Waals surface area (Å²) in [4.78, 5) is 6.79. The van der Waals surface area contributed by atoms with Crippen LogP contribution >= 0.6 is 0 Å². The first kappa shape index (κ1) is 15.0. The Kier molecular flexibility index (Phi) is 4.04. The van der Waals surface area contributed by atoms with Gasteiger partial charge in [0.2, 0.25) is 0 Å². The Labute approximate surface area is 141 Å². The summed E-state index contributed by atoms with van der Waals surface area (Å²) >= 11 is 0. The molecule has 0 saturated carbocycles. The zero-order valence-electron chi connectivity index (χ0n) is 13.8. The lowest BCUT2D eigenvalue weighted by Crippen LogP contribution is -2.36. The molecule has 0 atom stereocenters. The van der Waals surface area contributed by atoms with Gasteiger partial charge in [-0.1, -0.05) is 12.1 Å². The van der Waals surface area contributed by atoms with Crippen LogP contribution in [0.25, 0.3) is 5.52 Å². The lowest BCUT2D eigenvalue weighted by molar-refractivity contribution is 0.122. The average molecular weight is 323 g/mol. The van der Waals surface area contributed by atoms with Crippen molar-refractivity contribution in [2.45, 2.75) is 13.5 Å². The van der Waals surface area contributed by atoms with E-state index in [1.165, 1.54) is 11.3 Å². The molecule has 124 valence electrons. The van der Waals surface area contributed by atoms with Crippen LogP contribution in [-0.4, -0.2) is 40.9 Å². The molecule has 0 spiro atoms. The topological polar surface area (TPSA) is 54.7 Å². The molecule has 1 N–H and O–H groups in total. The van der Waals surface area contributed by atoms with Crippen LogP contribution in [0.1, 0.15) is 11.3 Å². The summed E-state index contributed by atoms with van der Waals surface area (Å²) in [6.45, 7) is 6.27. The third-order valence-electron chi connectivity index (χ3n) is 4.28. The van der Waals surface area contributed by atoms with Gasteiger partial charge >= 0.3 is 0 Å². The van der Waals surface area contributed by atoms with E-state index in [2.05, 4.69) is 44.6 Å². The highest BCUT2D eigenvalue weighted by molar-refractivity contribution is 5.67. The summed E-state index contributed by atoms with van der Waals surface area (Å²) in [5.41, 5.74) is 4.47. The van der Waals surface area contributed by atoms with Crippen molar-refractivity contribution in [2.75, 3.05) is 36.5 Å². The number of nitrogens with zero attached hydrogens (tertiary/aromatic N) is 4. The fourth-order valence-electron chi connectivity index (χ4n) is 3.01. The van der Waals surface area contributed by atoms with Gasteiger partial charge in [-0.15, -0.1) is 0 Å². The quantitative estimate of drug-likeness (QED) is 0.799. The summed E-state index contributed by atoms with van der Waals surface area (Å²) < 4.78 is 7.26. The Hall–Kier alpha value is -2.60. The first-order valence-corrected chi connectivity index (χ1v) is 8.26. The summed E-state index contributed by atoms with van der Waals surface area (Å²) in [6.07, 6.45) is 3.63. The van der Waals surface area contributed by atoms with E-state index < -0.39 is 0 Å². The smallest absolute Gasteiger partial charge is 0.152 e. The summed E-state index contributed by atoms with van der Waals surface area (Å²) in [6, 6.07) is 10.7. The number of fused-ring (bicyclic) bond motifs is 1. The molecular weight excluding hydrogens is 302 g/mol. The zero-order valence-corrected chi connectivity index (χ0v) is 13.8. The molecule has 6 nitrogen and oxygen atoms in total. The van der Waals surface area contributed by atoms with Gasteiger partial charge in [-0.05, 0) is 30.7 Å². The minimum absolute atomic E-state index is 0.736. The van der Waals surface area contributed by atoms with E-state index in [9.17, 15) is 0 Å². The fourth-order valence-corrected chi connectivity index (χ4v) is 3.01. The van der Waals surface area contributed by atoms with Gasteiger partial charge in [-0.25, -0.2) is 9.50 Å². The molecule has 0 unspecified atom stereocenters. The highest BCUT2D eigenvalue weighted by atomic mass is 16.5. The number of rotatable bonds is 4. The van der Waals surface area contributed by atoms with Crippen LogP contribution in [-0.2, 0) is 11.3 Å². The van der Waals surface area contributed by atoms with Crippen molar-refractivity contribution in [1.82, 2.24) is 14.6 Å². The molecule has 24 heavy (non-hydrogen) atoms. The van der Waals surface area contributed by atoms with Crippen LogP contribution in [0.5, 0.6) is 0 Å². The maximum absolute atomic E-state index is 5.40. The van der Waals surface area contributed by atoms with Crippen molar-refractivity contribution in [1.29, 1.82) is 0 Å². The second-order valence-electron chi connectivity index (χ2n) is 6.01. The van der Waals surface area contributed by atoms with Gasteiger partial charge in [0.05, 0.1) is 18.9 Å². The van der Waals surface area contributed by atoms with Crippen LogP contribution in [0.3, 0.4) is 0 Å². The first-order valence-electron chi connectivity index (χ1n) is 8.26. The second kappa shape index (κ2) is 6.49. The largest absolute Gasteiger partial charge is 0.378 e. The highest BCUT2D eigenvalue weighted by Gasteiger charge is 2.11. The van der Waals surface area contributed by atoms with Gasteiger partial charge in [0.1, 0.15) is 5.52 Å². The SMILES string of the molecule is Cc1cc2c(NCc3ccc(N4CCOCC4)cc3)nccn2n1. The van der Waals surface area contributed by atoms with E-state index in [0.717, 1.165) is 49.9 Å². The zero-order chi connectivity index (χ0) is 16.4. The average Bonchev–Trinajstić information content (AvgIpc) is 3.02. The first-order chi connectivity index (χ1) is 11.8. The predicted molar refractivity (Wildman–Crippen MR) is 94.5 cm³/mol. The molecule has 1 aliphatic heterocycles. The van der Waals surface area contributed by atoms with Gasteiger partial charge in [0.15, 0.2) is 5.82 Å². The molecule has 1 saturated heterocycles. The number of aromatic nitrogens is 3. The van der Waals surface area contributed by atoms with Gasteiger partial charge in [0.25, 0.3) is 0 Å². The van der Waals surface area contributed by atoms with Crippen molar-refractivity contribution >= 4 is 17.0 Å². The van der Waals surface area contributed by atoms with Crippen molar-refractivity contribution in [2.24, 2.45) is 0 Å². The summed E-state index contributed by atoms with van der Waals surface area (Å²) in [7, 11) is 0. The van der Waals surface area contributed by atoms with Crippen molar-refractivity contribution in [3.63, 3.8) is 0 Å². The van der Waals surface area contributed by atoms with E-state index in [-0.39, 0.29) is 0 Å². The number of hydrogen-bond acceptors (Lipinski definition) is 5. The molecule has 3 aromatic rings. The van der Waals surface area contributed by atoms with E-state index in [4.69, 9.17) is 4.74 Å². The maximum atomic E-state index is 5.40. The van der Waals surface area contributed by atoms with Crippen molar-refractivity contribution in [3.05, 3.63) is 54.0 Å². The molecule has 0 amide bonds. The van der Waals surface area contributed by atoms with E-state index in [1.54, 1.807) is 6.20 Å². The Morgan fingerprint density at radius 1 is 1.17 bits per heavy atom. The van der Waals surface area contributed by atoms with Crippen LogP contribution < -0.4 is 10.2 Å². The van der Waals surface area contributed by atoms with Gasteiger partial charge in [0, 0.05) is 37.7 Å². The summed E-state index contributed by atoms with van der Waals surface area (Å²) in [5, 5.41) is 7.82. The van der Waals surface area contributed by atoms with Crippen LogP contribution in [0, 0.1) is 6.92 Å². The number of ether oxygens (including phenoxy) is 1. The number of hydrogen-bond donors (Lipinski definition) is 1. The number of nitrogens with one attached hydrogen (secondary N) is 1.